The fraction of sp³-hybridized carbons (Fsp3) is 0.500. The van der Waals surface area contributed by atoms with Crippen LogP contribution in [-0.4, -0.2) is 78.6 Å². The number of benzene rings is 2. The molecule has 2 aromatic carbocycles. The molecule has 1 aliphatic heterocycles. The highest BCUT2D eigenvalue weighted by Gasteiger charge is 2.26. The minimum atomic E-state index is 0.103. The summed E-state index contributed by atoms with van der Waals surface area (Å²) in [5.41, 5.74) is 1.16. The molecule has 27 heavy (non-hydrogen) atoms. The summed E-state index contributed by atoms with van der Waals surface area (Å²) in [6.45, 7) is 4.24. The number of rotatable bonds is 7. The van der Waals surface area contributed by atoms with Crippen LogP contribution in [0.25, 0.3) is 10.8 Å². The summed E-state index contributed by atoms with van der Waals surface area (Å²) in [5, 5.41) is 11.7. The van der Waals surface area contributed by atoms with Gasteiger partial charge in [0, 0.05) is 51.8 Å². The largest absolute Gasteiger partial charge is 0.396 e. The zero-order valence-corrected chi connectivity index (χ0v) is 16.5. The zero-order valence-electron chi connectivity index (χ0n) is 16.5. The second kappa shape index (κ2) is 9.31. The Morgan fingerprint density at radius 1 is 1.15 bits per heavy atom. The minimum absolute atomic E-state index is 0.103. The van der Waals surface area contributed by atoms with Crippen molar-refractivity contribution in [3.63, 3.8) is 0 Å². The standard InChI is InChI=1S/C22H31N3O2/c1-23-12-13-24(2)20(17-23)15-22(27)25(11-6-14-26)16-19-9-5-8-18-7-3-4-10-21(18)19/h3-5,7-10,20,26H,6,11-17H2,1-2H3/t20-/m0/s1. The Balaban J connectivity index is 1.75. The molecule has 1 N–H and O–H groups in total. The SMILES string of the molecule is CN1CCN(C)[C@@H](CC(=O)N(CCCO)Cc2cccc3ccccc23)C1. The molecule has 1 saturated heterocycles. The molecule has 0 aromatic heterocycles. The van der Waals surface area contributed by atoms with Crippen molar-refractivity contribution in [2.24, 2.45) is 0 Å². The number of aliphatic hydroxyl groups is 1. The van der Waals surface area contributed by atoms with E-state index >= 15 is 0 Å². The highest BCUT2D eigenvalue weighted by atomic mass is 16.3. The van der Waals surface area contributed by atoms with Gasteiger partial charge >= 0.3 is 0 Å². The molecule has 1 heterocycles. The molecule has 0 saturated carbocycles. The second-order valence-electron chi connectivity index (χ2n) is 7.63. The summed E-state index contributed by atoms with van der Waals surface area (Å²) >= 11 is 0. The van der Waals surface area contributed by atoms with Crippen LogP contribution in [0.3, 0.4) is 0 Å². The van der Waals surface area contributed by atoms with Crippen LogP contribution in [0.15, 0.2) is 42.5 Å². The molecule has 1 fully saturated rings. The van der Waals surface area contributed by atoms with Crippen molar-refractivity contribution in [1.29, 1.82) is 0 Å². The first-order valence-corrected chi connectivity index (χ1v) is 9.82. The molecule has 0 radical (unpaired) electrons. The van der Waals surface area contributed by atoms with Gasteiger partial charge in [-0.3, -0.25) is 4.79 Å². The van der Waals surface area contributed by atoms with Gasteiger partial charge in [0.2, 0.25) is 5.91 Å². The Morgan fingerprint density at radius 3 is 2.74 bits per heavy atom. The Bertz CT molecular complexity index is 759. The van der Waals surface area contributed by atoms with Crippen LogP contribution in [0.5, 0.6) is 0 Å². The predicted octanol–water partition coefficient (Wildman–Crippen LogP) is 2.19. The number of fused-ring (bicyclic) bond motifs is 1. The average molecular weight is 370 g/mol. The first-order valence-electron chi connectivity index (χ1n) is 9.82. The first kappa shape index (κ1) is 19.8. The summed E-state index contributed by atoms with van der Waals surface area (Å²) in [5.74, 6) is 0.170. The van der Waals surface area contributed by atoms with E-state index in [4.69, 9.17) is 0 Å². The van der Waals surface area contributed by atoms with Gasteiger partial charge in [-0.1, -0.05) is 42.5 Å². The maximum Gasteiger partial charge on any atom is 0.224 e. The second-order valence-corrected chi connectivity index (χ2v) is 7.63. The fourth-order valence-electron chi connectivity index (χ4n) is 3.84. The lowest BCUT2D eigenvalue weighted by Gasteiger charge is -2.38. The molecule has 3 rings (SSSR count). The van der Waals surface area contributed by atoms with Gasteiger partial charge in [-0.2, -0.15) is 0 Å². The van der Waals surface area contributed by atoms with E-state index in [9.17, 15) is 9.90 Å². The number of hydrogen-bond acceptors (Lipinski definition) is 4. The van der Waals surface area contributed by atoms with Crippen molar-refractivity contribution < 1.29 is 9.90 Å². The van der Waals surface area contributed by atoms with Crippen molar-refractivity contribution in [2.45, 2.75) is 25.4 Å². The van der Waals surface area contributed by atoms with Crippen molar-refractivity contribution >= 4 is 16.7 Å². The van der Waals surface area contributed by atoms with Crippen LogP contribution >= 0.6 is 0 Å². The zero-order chi connectivity index (χ0) is 19.2. The van der Waals surface area contributed by atoms with E-state index in [1.54, 1.807) is 0 Å². The number of amides is 1. The third-order valence-corrected chi connectivity index (χ3v) is 5.57. The maximum absolute atomic E-state index is 13.1. The predicted molar refractivity (Wildman–Crippen MR) is 110 cm³/mol. The Hall–Kier alpha value is -1.95. The minimum Gasteiger partial charge on any atom is -0.396 e. The van der Waals surface area contributed by atoms with Gasteiger partial charge in [-0.05, 0) is 36.9 Å². The highest BCUT2D eigenvalue weighted by Crippen LogP contribution is 2.21. The molecule has 5 nitrogen and oxygen atoms in total. The molecule has 0 aliphatic carbocycles. The van der Waals surface area contributed by atoms with Crippen LogP contribution in [0.4, 0.5) is 0 Å². The Kier molecular flexibility index (Phi) is 6.83. The van der Waals surface area contributed by atoms with E-state index in [1.807, 2.05) is 17.0 Å². The van der Waals surface area contributed by atoms with Crippen LogP contribution in [0.2, 0.25) is 0 Å². The molecular weight excluding hydrogens is 338 g/mol. The molecule has 0 bridgehead atoms. The number of nitrogens with zero attached hydrogens (tertiary/aromatic N) is 3. The molecule has 146 valence electrons. The molecule has 0 unspecified atom stereocenters. The van der Waals surface area contributed by atoms with Crippen LogP contribution in [0, 0.1) is 0 Å². The van der Waals surface area contributed by atoms with Crippen molar-refractivity contribution in [3.05, 3.63) is 48.0 Å². The van der Waals surface area contributed by atoms with Crippen molar-refractivity contribution in [3.8, 4) is 0 Å². The number of hydrogen-bond donors (Lipinski definition) is 1. The summed E-state index contributed by atoms with van der Waals surface area (Å²) in [6, 6.07) is 14.8. The van der Waals surface area contributed by atoms with Gasteiger partial charge in [0.05, 0.1) is 0 Å². The van der Waals surface area contributed by atoms with E-state index in [0.717, 1.165) is 25.2 Å². The number of piperazine rings is 1. The van der Waals surface area contributed by atoms with Crippen LogP contribution in [0.1, 0.15) is 18.4 Å². The van der Waals surface area contributed by atoms with Gasteiger partial charge in [-0.15, -0.1) is 0 Å². The van der Waals surface area contributed by atoms with Crippen molar-refractivity contribution in [1.82, 2.24) is 14.7 Å². The van der Waals surface area contributed by atoms with Gasteiger partial charge in [0.25, 0.3) is 0 Å². The highest BCUT2D eigenvalue weighted by molar-refractivity contribution is 5.86. The lowest BCUT2D eigenvalue weighted by Crippen LogP contribution is -2.51. The number of carbonyl (C=O) groups is 1. The van der Waals surface area contributed by atoms with Gasteiger partial charge in [0.15, 0.2) is 0 Å². The van der Waals surface area contributed by atoms with E-state index in [2.05, 4.69) is 54.2 Å². The first-order chi connectivity index (χ1) is 13.1. The Labute approximate surface area is 162 Å². The lowest BCUT2D eigenvalue weighted by atomic mass is 10.0. The molecule has 0 spiro atoms. The molecule has 1 atom stereocenters. The lowest BCUT2D eigenvalue weighted by molar-refractivity contribution is -0.133. The molecule has 1 amide bonds. The molecule has 1 aliphatic rings. The summed E-state index contributed by atoms with van der Waals surface area (Å²) in [6.07, 6.45) is 1.13. The van der Waals surface area contributed by atoms with E-state index in [1.165, 1.54) is 10.8 Å². The fourth-order valence-corrected chi connectivity index (χ4v) is 3.84. The van der Waals surface area contributed by atoms with E-state index in [-0.39, 0.29) is 18.6 Å². The average Bonchev–Trinajstić information content (AvgIpc) is 2.68. The molecule has 2 aromatic rings. The van der Waals surface area contributed by atoms with E-state index in [0.29, 0.717) is 25.9 Å². The monoisotopic (exact) mass is 369 g/mol. The third kappa shape index (κ3) is 5.06. The number of likely N-dealkylation sites (N-methyl/N-ethyl adjacent to an activating group) is 2. The van der Waals surface area contributed by atoms with Gasteiger partial charge in [-0.25, -0.2) is 0 Å². The van der Waals surface area contributed by atoms with E-state index < -0.39 is 0 Å². The summed E-state index contributed by atoms with van der Waals surface area (Å²) < 4.78 is 0. The topological polar surface area (TPSA) is 47.0 Å². The summed E-state index contributed by atoms with van der Waals surface area (Å²) in [4.78, 5) is 19.6. The summed E-state index contributed by atoms with van der Waals surface area (Å²) in [7, 11) is 4.22. The normalized spacial score (nSPS) is 18.7. The maximum atomic E-state index is 13.1. The molecular formula is C22H31N3O2. The Morgan fingerprint density at radius 2 is 1.93 bits per heavy atom. The van der Waals surface area contributed by atoms with Crippen LogP contribution in [-0.2, 0) is 11.3 Å². The third-order valence-electron chi connectivity index (χ3n) is 5.57. The van der Waals surface area contributed by atoms with Crippen LogP contribution < -0.4 is 0 Å². The molecule has 5 heteroatoms. The number of aliphatic hydroxyl groups excluding tert-OH is 1. The van der Waals surface area contributed by atoms with Gasteiger partial charge in [0.1, 0.15) is 0 Å². The van der Waals surface area contributed by atoms with Gasteiger partial charge < -0.3 is 19.8 Å². The number of carbonyl (C=O) groups excluding carboxylic acids is 1. The van der Waals surface area contributed by atoms with Crippen molar-refractivity contribution in [2.75, 3.05) is 46.9 Å². The smallest absolute Gasteiger partial charge is 0.224 e. The quantitative estimate of drug-likeness (QED) is 0.813.